The van der Waals surface area contributed by atoms with Gasteiger partial charge in [0.25, 0.3) is 5.91 Å². The third kappa shape index (κ3) is 2.74. The largest absolute Gasteiger partial charge is 0.321 e. The van der Waals surface area contributed by atoms with Crippen molar-refractivity contribution in [3.05, 3.63) is 58.2 Å². The highest BCUT2D eigenvalue weighted by atomic mass is 79.9. The Balaban J connectivity index is 2.04. The van der Waals surface area contributed by atoms with Crippen LogP contribution >= 0.6 is 15.9 Å². The molecule has 22 heavy (non-hydrogen) atoms. The molecule has 0 spiro atoms. The number of imidazole rings is 1. The van der Waals surface area contributed by atoms with Crippen LogP contribution in [-0.2, 0) is 6.42 Å². The van der Waals surface area contributed by atoms with Crippen molar-refractivity contribution in [2.75, 3.05) is 5.32 Å². The van der Waals surface area contributed by atoms with Crippen molar-refractivity contribution < 1.29 is 4.79 Å². The van der Waals surface area contributed by atoms with Gasteiger partial charge in [-0.1, -0.05) is 6.92 Å². The van der Waals surface area contributed by atoms with Gasteiger partial charge >= 0.3 is 0 Å². The first-order chi connectivity index (χ1) is 10.6. The van der Waals surface area contributed by atoms with Gasteiger partial charge in [-0.2, -0.15) is 0 Å². The van der Waals surface area contributed by atoms with Crippen LogP contribution in [0.5, 0.6) is 0 Å². The van der Waals surface area contributed by atoms with E-state index in [0.29, 0.717) is 12.1 Å². The van der Waals surface area contributed by atoms with Gasteiger partial charge in [0.1, 0.15) is 11.3 Å². The monoisotopic (exact) mass is 358 g/mol. The fourth-order valence-electron chi connectivity index (χ4n) is 2.37. The molecule has 112 valence electrons. The van der Waals surface area contributed by atoms with Crippen molar-refractivity contribution in [1.82, 2.24) is 14.4 Å². The van der Waals surface area contributed by atoms with Crippen LogP contribution in [0.4, 0.5) is 5.69 Å². The molecule has 1 amide bonds. The Labute approximate surface area is 136 Å². The number of rotatable bonds is 3. The number of nitrogens with zero attached hydrogens (tertiary/aromatic N) is 3. The number of carbonyl (C=O) groups is 1. The zero-order valence-electron chi connectivity index (χ0n) is 12.3. The second-order valence-electron chi connectivity index (χ2n) is 4.98. The Morgan fingerprint density at radius 3 is 2.91 bits per heavy atom. The summed E-state index contributed by atoms with van der Waals surface area (Å²) < 4.78 is 2.71. The first-order valence-electron chi connectivity index (χ1n) is 6.99. The molecule has 3 heterocycles. The van der Waals surface area contributed by atoms with Crippen molar-refractivity contribution in [1.29, 1.82) is 0 Å². The molecule has 0 bridgehead atoms. The summed E-state index contributed by atoms with van der Waals surface area (Å²) in [5.41, 5.74) is 3.68. The molecular formula is C16H15BrN4O. The van der Waals surface area contributed by atoms with Crippen LogP contribution in [-0.4, -0.2) is 20.3 Å². The van der Waals surface area contributed by atoms with E-state index in [0.717, 1.165) is 27.2 Å². The minimum Gasteiger partial charge on any atom is -0.321 e. The maximum atomic E-state index is 12.7. The van der Waals surface area contributed by atoms with E-state index in [1.54, 1.807) is 12.3 Å². The van der Waals surface area contributed by atoms with Crippen molar-refractivity contribution in [2.45, 2.75) is 20.3 Å². The fraction of sp³-hybridized carbons (Fsp3) is 0.188. The number of halogens is 1. The van der Waals surface area contributed by atoms with Crippen LogP contribution in [0.25, 0.3) is 5.65 Å². The fourth-order valence-corrected chi connectivity index (χ4v) is 2.70. The Morgan fingerprint density at radius 2 is 2.18 bits per heavy atom. The maximum absolute atomic E-state index is 12.7. The first kappa shape index (κ1) is 14.7. The molecule has 3 rings (SSSR count). The third-order valence-electron chi connectivity index (χ3n) is 3.36. The number of fused-ring (bicyclic) bond motifs is 1. The molecule has 5 nitrogen and oxygen atoms in total. The molecule has 6 heteroatoms. The Kier molecular flexibility index (Phi) is 3.94. The zero-order valence-corrected chi connectivity index (χ0v) is 13.9. The van der Waals surface area contributed by atoms with Gasteiger partial charge in [-0.3, -0.25) is 14.2 Å². The zero-order chi connectivity index (χ0) is 15.7. The van der Waals surface area contributed by atoms with Crippen LogP contribution < -0.4 is 5.32 Å². The van der Waals surface area contributed by atoms with Gasteiger partial charge in [-0.25, -0.2) is 4.98 Å². The number of aryl methyl sites for hydroxylation is 2. The maximum Gasteiger partial charge on any atom is 0.274 e. The summed E-state index contributed by atoms with van der Waals surface area (Å²) in [6.45, 7) is 3.88. The van der Waals surface area contributed by atoms with Gasteiger partial charge in [0.2, 0.25) is 0 Å². The van der Waals surface area contributed by atoms with Gasteiger partial charge in [0.05, 0.1) is 5.69 Å². The summed E-state index contributed by atoms with van der Waals surface area (Å²) in [6.07, 6.45) is 4.22. The van der Waals surface area contributed by atoms with E-state index in [9.17, 15) is 4.79 Å². The third-order valence-corrected chi connectivity index (χ3v) is 3.83. The number of nitrogens with one attached hydrogen (secondary N) is 1. The van der Waals surface area contributed by atoms with Crippen LogP contribution in [0, 0.1) is 6.92 Å². The summed E-state index contributed by atoms with van der Waals surface area (Å²) >= 11 is 3.43. The standard InChI is InChI=1S/C16H15BrN4O/c1-3-13-15(21-9-11(17)4-5-14(21)20-13)16(22)19-12-6-7-18-10(2)8-12/h4-9H,3H2,1-2H3,(H,18,19,22). The molecule has 0 unspecified atom stereocenters. The second-order valence-corrected chi connectivity index (χ2v) is 5.89. The molecule has 0 aliphatic carbocycles. The average molecular weight is 359 g/mol. The van der Waals surface area contributed by atoms with E-state index >= 15 is 0 Å². The number of carbonyl (C=O) groups excluding carboxylic acids is 1. The minimum absolute atomic E-state index is 0.173. The van der Waals surface area contributed by atoms with E-state index in [1.165, 1.54) is 0 Å². The van der Waals surface area contributed by atoms with Crippen molar-refractivity contribution in [3.63, 3.8) is 0 Å². The molecule has 0 atom stereocenters. The lowest BCUT2D eigenvalue weighted by Crippen LogP contribution is -2.16. The van der Waals surface area contributed by atoms with Crippen molar-refractivity contribution in [2.24, 2.45) is 0 Å². The number of anilines is 1. The highest BCUT2D eigenvalue weighted by molar-refractivity contribution is 9.10. The van der Waals surface area contributed by atoms with Crippen LogP contribution in [0.15, 0.2) is 41.1 Å². The second kappa shape index (κ2) is 5.88. The Morgan fingerprint density at radius 1 is 1.36 bits per heavy atom. The number of hydrogen-bond acceptors (Lipinski definition) is 3. The molecule has 3 aromatic rings. The number of amides is 1. The molecule has 0 aromatic carbocycles. The average Bonchev–Trinajstić information content (AvgIpc) is 2.85. The Bertz CT molecular complexity index is 856. The van der Waals surface area contributed by atoms with Gasteiger partial charge in [0, 0.05) is 28.2 Å². The molecule has 0 radical (unpaired) electrons. The molecule has 0 aliphatic heterocycles. The Hall–Kier alpha value is -2.21. The van der Waals surface area contributed by atoms with Crippen molar-refractivity contribution in [3.8, 4) is 0 Å². The van der Waals surface area contributed by atoms with Crippen molar-refractivity contribution >= 4 is 33.2 Å². The highest BCUT2D eigenvalue weighted by Gasteiger charge is 2.18. The molecule has 1 N–H and O–H groups in total. The van der Waals surface area contributed by atoms with E-state index < -0.39 is 0 Å². The first-order valence-corrected chi connectivity index (χ1v) is 7.78. The SMILES string of the molecule is CCc1nc2ccc(Br)cn2c1C(=O)Nc1ccnc(C)c1. The summed E-state index contributed by atoms with van der Waals surface area (Å²) in [6, 6.07) is 7.41. The number of hydrogen-bond donors (Lipinski definition) is 1. The molecule has 0 saturated heterocycles. The predicted octanol–water partition coefficient (Wildman–Crippen LogP) is 3.61. The normalized spacial score (nSPS) is 10.9. The topological polar surface area (TPSA) is 59.3 Å². The molecule has 0 fully saturated rings. The van der Waals surface area contributed by atoms with Crippen LogP contribution in [0.2, 0.25) is 0 Å². The molecule has 0 aliphatic rings. The van der Waals surface area contributed by atoms with Gasteiger partial charge < -0.3 is 5.32 Å². The summed E-state index contributed by atoms with van der Waals surface area (Å²) in [4.78, 5) is 21.3. The van der Waals surface area contributed by atoms with E-state index in [2.05, 4.69) is 31.2 Å². The minimum atomic E-state index is -0.173. The number of aromatic nitrogens is 3. The van der Waals surface area contributed by atoms with E-state index in [4.69, 9.17) is 0 Å². The van der Waals surface area contributed by atoms with E-state index in [-0.39, 0.29) is 5.91 Å². The summed E-state index contributed by atoms with van der Waals surface area (Å²) in [5.74, 6) is -0.173. The quantitative estimate of drug-likeness (QED) is 0.777. The van der Waals surface area contributed by atoms with E-state index in [1.807, 2.05) is 42.6 Å². The lowest BCUT2D eigenvalue weighted by Gasteiger charge is -2.07. The smallest absolute Gasteiger partial charge is 0.274 e. The van der Waals surface area contributed by atoms with Gasteiger partial charge in [-0.05, 0) is 53.5 Å². The lowest BCUT2D eigenvalue weighted by molar-refractivity contribution is 0.102. The van der Waals surface area contributed by atoms with Gasteiger partial charge in [-0.15, -0.1) is 0 Å². The molecule has 3 aromatic heterocycles. The summed E-state index contributed by atoms with van der Waals surface area (Å²) in [7, 11) is 0. The molecular weight excluding hydrogens is 344 g/mol. The van der Waals surface area contributed by atoms with Crippen LogP contribution in [0.3, 0.4) is 0 Å². The highest BCUT2D eigenvalue weighted by Crippen LogP contribution is 2.19. The van der Waals surface area contributed by atoms with Crippen LogP contribution in [0.1, 0.15) is 28.8 Å². The summed E-state index contributed by atoms with van der Waals surface area (Å²) in [5, 5.41) is 2.92. The van der Waals surface area contributed by atoms with Gasteiger partial charge in [0.15, 0.2) is 0 Å². The number of pyridine rings is 2. The predicted molar refractivity (Wildman–Crippen MR) is 89.2 cm³/mol. The molecule has 0 saturated carbocycles. The lowest BCUT2D eigenvalue weighted by atomic mass is 10.2.